The van der Waals surface area contributed by atoms with E-state index in [4.69, 9.17) is 39.8 Å². The van der Waals surface area contributed by atoms with Crippen molar-refractivity contribution in [2.75, 3.05) is 4.90 Å². The number of carbonyl (C=O) groups is 1. The zero-order chi connectivity index (χ0) is 20.5. The van der Waals surface area contributed by atoms with Gasteiger partial charge in [-0.2, -0.15) is 0 Å². The summed E-state index contributed by atoms with van der Waals surface area (Å²) in [6.07, 6.45) is 0. The molecule has 146 valence electrons. The first kappa shape index (κ1) is 20.2. The van der Waals surface area contributed by atoms with Gasteiger partial charge in [0, 0.05) is 5.02 Å². The van der Waals surface area contributed by atoms with Gasteiger partial charge in [-0.25, -0.2) is 4.98 Å². The minimum atomic E-state index is -0.247. The standard InChI is InChI=1S/C22H15Cl3N2OS/c1-13-7-10-17(24)20-19(13)26-22(29-20)27(12-14-5-3-2-4-6-14)21(28)16-9-8-15(23)11-18(16)25/h2-11H,12H2,1H3. The van der Waals surface area contributed by atoms with Crippen LogP contribution in [0.15, 0.2) is 60.7 Å². The van der Waals surface area contributed by atoms with Crippen LogP contribution in [0.4, 0.5) is 5.13 Å². The Bertz CT molecular complexity index is 1170. The Labute approximate surface area is 187 Å². The molecule has 0 radical (unpaired) electrons. The molecule has 0 spiro atoms. The van der Waals surface area contributed by atoms with Crippen LogP contribution in [0.25, 0.3) is 10.2 Å². The largest absolute Gasteiger partial charge is 0.279 e. The number of aryl methyl sites for hydroxylation is 1. The first-order chi connectivity index (χ1) is 13.9. The number of anilines is 1. The van der Waals surface area contributed by atoms with Crippen molar-refractivity contribution in [1.29, 1.82) is 0 Å². The van der Waals surface area contributed by atoms with Crippen LogP contribution in [0.1, 0.15) is 21.5 Å². The van der Waals surface area contributed by atoms with Crippen molar-refractivity contribution in [2.45, 2.75) is 13.5 Å². The summed E-state index contributed by atoms with van der Waals surface area (Å²) in [4.78, 5) is 19.8. The van der Waals surface area contributed by atoms with E-state index in [0.717, 1.165) is 21.3 Å². The normalized spacial score (nSPS) is 11.0. The first-order valence-corrected chi connectivity index (χ1v) is 10.8. The zero-order valence-corrected chi connectivity index (χ0v) is 18.4. The van der Waals surface area contributed by atoms with Crippen LogP contribution in [0.2, 0.25) is 15.1 Å². The van der Waals surface area contributed by atoms with Gasteiger partial charge in [0.05, 0.1) is 32.4 Å². The van der Waals surface area contributed by atoms with E-state index in [1.807, 2.05) is 49.4 Å². The fraction of sp³-hybridized carbons (Fsp3) is 0.0909. The Morgan fingerprint density at radius 1 is 1.00 bits per heavy atom. The highest BCUT2D eigenvalue weighted by molar-refractivity contribution is 7.23. The number of fused-ring (bicyclic) bond motifs is 1. The van der Waals surface area contributed by atoms with Crippen LogP contribution in [0, 0.1) is 6.92 Å². The smallest absolute Gasteiger partial charge is 0.261 e. The predicted molar refractivity (Wildman–Crippen MR) is 123 cm³/mol. The summed E-state index contributed by atoms with van der Waals surface area (Å²) in [5.41, 5.74) is 3.15. The SMILES string of the molecule is Cc1ccc(Cl)c2sc(N(Cc3ccccc3)C(=O)c3ccc(Cl)cc3Cl)nc12. The minimum Gasteiger partial charge on any atom is -0.279 e. The number of benzene rings is 3. The third-order valence-corrected chi connectivity index (χ3v) is 6.59. The highest BCUT2D eigenvalue weighted by Crippen LogP contribution is 2.37. The number of hydrogen-bond donors (Lipinski definition) is 0. The van der Waals surface area contributed by atoms with E-state index < -0.39 is 0 Å². The monoisotopic (exact) mass is 460 g/mol. The van der Waals surface area contributed by atoms with Crippen LogP contribution in [0.5, 0.6) is 0 Å². The van der Waals surface area contributed by atoms with E-state index in [1.165, 1.54) is 11.3 Å². The van der Waals surface area contributed by atoms with E-state index in [1.54, 1.807) is 23.1 Å². The lowest BCUT2D eigenvalue weighted by Gasteiger charge is -2.20. The van der Waals surface area contributed by atoms with Crippen molar-refractivity contribution in [3.8, 4) is 0 Å². The van der Waals surface area contributed by atoms with Gasteiger partial charge in [0.2, 0.25) is 0 Å². The molecule has 1 aromatic heterocycles. The number of nitrogens with zero attached hydrogens (tertiary/aromatic N) is 2. The Kier molecular flexibility index (Phi) is 5.79. The predicted octanol–water partition coefficient (Wildman–Crippen LogP) is 7.41. The Balaban J connectivity index is 1.83. The number of carbonyl (C=O) groups excluding carboxylic acids is 1. The lowest BCUT2D eigenvalue weighted by molar-refractivity contribution is 0.0985. The average molecular weight is 462 g/mol. The molecule has 0 aliphatic heterocycles. The quantitative estimate of drug-likeness (QED) is 0.317. The summed E-state index contributed by atoms with van der Waals surface area (Å²) < 4.78 is 0.856. The first-order valence-electron chi connectivity index (χ1n) is 8.80. The van der Waals surface area contributed by atoms with Crippen LogP contribution in [0.3, 0.4) is 0 Å². The molecule has 1 heterocycles. The van der Waals surface area contributed by atoms with Gasteiger partial charge in [-0.15, -0.1) is 0 Å². The molecular weight excluding hydrogens is 447 g/mol. The second-order valence-electron chi connectivity index (χ2n) is 6.54. The zero-order valence-electron chi connectivity index (χ0n) is 15.3. The maximum absolute atomic E-state index is 13.5. The third kappa shape index (κ3) is 4.12. The van der Waals surface area contributed by atoms with E-state index >= 15 is 0 Å². The highest BCUT2D eigenvalue weighted by Gasteiger charge is 2.24. The van der Waals surface area contributed by atoms with E-state index in [0.29, 0.717) is 32.3 Å². The molecule has 1 amide bonds. The Morgan fingerprint density at radius 3 is 2.45 bits per heavy atom. The summed E-state index contributed by atoms with van der Waals surface area (Å²) in [6.45, 7) is 2.33. The molecule has 0 aliphatic carbocycles. The molecule has 0 unspecified atom stereocenters. The number of thiazole rings is 1. The van der Waals surface area contributed by atoms with Gasteiger partial charge in [0.15, 0.2) is 5.13 Å². The Hall–Kier alpha value is -2.11. The van der Waals surface area contributed by atoms with Crippen LogP contribution in [-0.4, -0.2) is 10.9 Å². The minimum absolute atomic E-state index is 0.247. The second-order valence-corrected chi connectivity index (χ2v) is 8.77. The van der Waals surface area contributed by atoms with Gasteiger partial charge in [0.1, 0.15) is 0 Å². The summed E-state index contributed by atoms with van der Waals surface area (Å²) in [5.74, 6) is -0.247. The fourth-order valence-electron chi connectivity index (χ4n) is 3.01. The Morgan fingerprint density at radius 2 is 1.76 bits per heavy atom. The van der Waals surface area contributed by atoms with Crippen molar-refractivity contribution in [3.63, 3.8) is 0 Å². The van der Waals surface area contributed by atoms with Crippen molar-refractivity contribution >= 4 is 67.4 Å². The van der Waals surface area contributed by atoms with Gasteiger partial charge in [-0.1, -0.05) is 82.5 Å². The fourth-order valence-corrected chi connectivity index (χ4v) is 4.81. The molecule has 3 nitrogen and oxygen atoms in total. The number of rotatable bonds is 4. The lowest BCUT2D eigenvalue weighted by Crippen LogP contribution is -2.30. The molecule has 0 fully saturated rings. The summed E-state index contributed by atoms with van der Waals surface area (Å²) in [7, 11) is 0. The number of hydrogen-bond acceptors (Lipinski definition) is 3. The molecule has 0 atom stereocenters. The van der Waals surface area contributed by atoms with Gasteiger partial charge in [-0.3, -0.25) is 9.69 Å². The second kappa shape index (κ2) is 8.33. The highest BCUT2D eigenvalue weighted by atomic mass is 35.5. The van der Waals surface area contributed by atoms with Crippen molar-refractivity contribution in [2.24, 2.45) is 0 Å². The third-order valence-electron chi connectivity index (χ3n) is 4.51. The molecule has 0 aliphatic rings. The summed E-state index contributed by atoms with van der Waals surface area (Å²) >= 11 is 20.1. The maximum atomic E-state index is 13.5. The van der Waals surface area contributed by atoms with Crippen molar-refractivity contribution in [3.05, 3.63) is 92.4 Å². The number of amides is 1. The number of halogens is 3. The maximum Gasteiger partial charge on any atom is 0.261 e. The van der Waals surface area contributed by atoms with E-state index in [2.05, 4.69) is 0 Å². The van der Waals surface area contributed by atoms with E-state index in [-0.39, 0.29) is 5.91 Å². The summed E-state index contributed by atoms with van der Waals surface area (Å²) in [5, 5.41) is 1.96. The molecule has 4 rings (SSSR count). The average Bonchev–Trinajstić information content (AvgIpc) is 3.16. The van der Waals surface area contributed by atoms with E-state index in [9.17, 15) is 4.79 Å². The topological polar surface area (TPSA) is 33.2 Å². The molecule has 7 heteroatoms. The van der Waals surface area contributed by atoms with Gasteiger partial charge >= 0.3 is 0 Å². The molecule has 0 saturated carbocycles. The molecule has 4 aromatic rings. The number of aromatic nitrogens is 1. The molecule has 0 N–H and O–H groups in total. The molecule has 0 saturated heterocycles. The summed E-state index contributed by atoms with van der Waals surface area (Å²) in [6, 6.07) is 18.4. The van der Waals surface area contributed by atoms with Crippen molar-refractivity contribution < 1.29 is 4.79 Å². The van der Waals surface area contributed by atoms with Gasteiger partial charge in [0.25, 0.3) is 5.91 Å². The van der Waals surface area contributed by atoms with Crippen LogP contribution in [-0.2, 0) is 6.54 Å². The lowest BCUT2D eigenvalue weighted by atomic mass is 10.1. The van der Waals surface area contributed by atoms with Crippen LogP contribution >= 0.6 is 46.1 Å². The van der Waals surface area contributed by atoms with Crippen molar-refractivity contribution in [1.82, 2.24) is 4.98 Å². The van der Waals surface area contributed by atoms with Gasteiger partial charge in [-0.05, 0) is 42.3 Å². The molecule has 3 aromatic carbocycles. The van der Waals surface area contributed by atoms with Crippen LogP contribution < -0.4 is 4.90 Å². The molecule has 29 heavy (non-hydrogen) atoms. The van der Waals surface area contributed by atoms with Gasteiger partial charge < -0.3 is 0 Å². The molecule has 0 bridgehead atoms. The molecular formula is C22H15Cl3N2OS.